The Morgan fingerprint density at radius 2 is 2.33 bits per heavy atom. The molecule has 18 heavy (non-hydrogen) atoms. The van der Waals surface area contributed by atoms with Crippen molar-refractivity contribution in [2.75, 3.05) is 19.6 Å². The second-order valence-corrected chi connectivity index (χ2v) is 8.13. The van der Waals surface area contributed by atoms with E-state index in [0.29, 0.717) is 6.04 Å². The quantitative estimate of drug-likeness (QED) is 0.855. The fraction of sp³-hybridized carbons (Fsp3) is 0.714. The van der Waals surface area contributed by atoms with Gasteiger partial charge in [0.25, 0.3) is 0 Å². The van der Waals surface area contributed by atoms with Crippen LogP contribution >= 0.6 is 27.3 Å². The first-order chi connectivity index (χ1) is 8.63. The summed E-state index contributed by atoms with van der Waals surface area (Å²) >= 11 is 5.40. The molecule has 0 bridgehead atoms. The smallest absolute Gasteiger partial charge is 0.0701 e. The van der Waals surface area contributed by atoms with Gasteiger partial charge in [-0.3, -0.25) is 4.90 Å². The van der Waals surface area contributed by atoms with Crippen molar-refractivity contribution in [2.24, 2.45) is 5.92 Å². The van der Waals surface area contributed by atoms with Crippen molar-refractivity contribution in [3.63, 3.8) is 0 Å². The molecular weight excluding hydrogens is 308 g/mol. The van der Waals surface area contributed by atoms with Crippen LogP contribution in [0.1, 0.15) is 31.6 Å². The Morgan fingerprint density at radius 3 is 2.89 bits per heavy atom. The maximum Gasteiger partial charge on any atom is 0.0701 e. The molecular formula is C14H23BrN2S. The molecule has 1 aromatic rings. The monoisotopic (exact) mass is 330 g/mol. The number of nitrogens with zero attached hydrogens (tertiary/aromatic N) is 1. The lowest BCUT2D eigenvalue weighted by molar-refractivity contribution is 0.218. The van der Waals surface area contributed by atoms with Gasteiger partial charge in [-0.2, -0.15) is 0 Å². The van der Waals surface area contributed by atoms with Crippen LogP contribution in [0.15, 0.2) is 15.9 Å². The lowest BCUT2D eigenvalue weighted by atomic mass is 10.1. The Bertz CT molecular complexity index is 358. The molecule has 2 heterocycles. The first-order valence-corrected chi connectivity index (χ1v) is 8.44. The molecule has 0 radical (unpaired) electrons. The summed E-state index contributed by atoms with van der Waals surface area (Å²) in [5.41, 5.74) is 0. The van der Waals surface area contributed by atoms with E-state index in [-0.39, 0.29) is 0 Å². The lowest BCUT2D eigenvalue weighted by Gasteiger charge is -2.26. The summed E-state index contributed by atoms with van der Waals surface area (Å²) in [5, 5.41) is 3.60. The molecule has 4 heteroatoms. The Hall–Kier alpha value is 0.1000. The first-order valence-electron chi connectivity index (χ1n) is 6.83. The number of rotatable bonds is 6. The minimum absolute atomic E-state index is 0.701. The molecule has 0 amide bonds. The Balaban J connectivity index is 1.91. The molecule has 1 aliphatic heterocycles. The predicted molar refractivity (Wildman–Crippen MR) is 83.2 cm³/mol. The van der Waals surface area contributed by atoms with Crippen molar-refractivity contribution >= 4 is 27.3 Å². The Kier molecular flexibility index (Phi) is 5.67. The van der Waals surface area contributed by atoms with Crippen molar-refractivity contribution in [3.8, 4) is 0 Å². The van der Waals surface area contributed by atoms with Gasteiger partial charge in [0, 0.05) is 30.6 Å². The van der Waals surface area contributed by atoms with Gasteiger partial charge in [-0.25, -0.2) is 0 Å². The molecule has 1 aromatic heterocycles. The third-order valence-corrected chi connectivity index (χ3v) is 4.88. The van der Waals surface area contributed by atoms with Crippen LogP contribution in [0.5, 0.6) is 0 Å². The van der Waals surface area contributed by atoms with E-state index in [1.807, 2.05) is 11.3 Å². The van der Waals surface area contributed by atoms with Gasteiger partial charge < -0.3 is 5.32 Å². The van der Waals surface area contributed by atoms with Crippen molar-refractivity contribution in [1.82, 2.24) is 10.2 Å². The van der Waals surface area contributed by atoms with E-state index >= 15 is 0 Å². The second kappa shape index (κ2) is 7.04. The van der Waals surface area contributed by atoms with Crippen molar-refractivity contribution in [3.05, 3.63) is 20.8 Å². The Labute approximate surface area is 123 Å². The first kappa shape index (κ1) is 14.5. The van der Waals surface area contributed by atoms with Gasteiger partial charge in [0.15, 0.2) is 0 Å². The van der Waals surface area contributed by atoms with Crippen LogP contribution < -0.4 is 5.32 Å². The van der Waals surface area contributed by atoms with Gasteiger partial charge in [0.2, 0.25) is 0 Å². The zero-order valence-electron chi connectivity index (χ0n) is 11.3. The van der Waals surface area contributed by atoms with Crippen LogP contribution in [0.2, 0.25) is 0 Å². The zero-order chi connectivity index (χ0) is 13.0. The lowest BCUT2D eigenvalue weighted by Crippen LogP contribution is -2.38. The maximum atomic E-state index is 3.60. The number of halogens is 1. The molecule has 102 valence electrons. The summed E-state index contributed by atoms with van der Waals surface area (Å²) < 4.78 is 1.24. The summed E-state index contributed by atoms with van der Waals surface area (Å²) in [5.74, 6) is 0.731. The average molecular weight is 331 g/mol. The molecule has 1 aliphatic rings. The molecule has 2 rings (SSSR count). The summed E-state index contributed by atoms with van der Waals surface area (Å²) in [6, 6.07) is 5.10. The van der Waals surface area contributed by atoms with Crippen LogP contribution in [0.25, 0.3) is 0 Å². The Morgan fingerprint density at radius 1 is 1.50 bits per heavy atom. The molecule has 0 aromatic carbocycles. The molecule has 0 saturated carbocycles. The molecule has 1 atom stereocenters. The van der Waals surface area contributed by atoms with Crippen LogP contribution in [0, 0.1) is 5.92 Å². The van der Waals surface area contributed by atoms with Crippen molar-refractivity contribution in [1.29, 1.82) is 0 Å². The highest BCUT2D eigenvalue weighted by molar-refractivity contribution is 9.11. The molecule has 1 unspecified atom stereocenters. The number of hydrogen-bond acceptors (Lipinski definition) is 3. The predicted octanol–water partition coefficient (Wildman–Crippen LogP) is 3.72. The number of nitrogens with one attached hydrogen (secondary N) is 1. The fourth-order valence-electron chi connectivity index (χ4n) is 2.60. The van der Waals surface area contributed by atoms with Crippen LogP contribution in [0.4, 0.5) is 0 Å². The van der Waals surface area contributed by atoms with Gasteiger partial charge in [-0.15, -0.1) is 11.3 Å². The van der Waals surface area contributed by atoms with E-state index < -0.39 is 0 Å². The van der Waals surface area contributed by atoms with Crippen molar-refractivity contribution < 1.29 is 0 Å². The normalized spacial score (nSPS) is 20.2. The third-order valence-electron chi connectivity index (χ3n) is 3.27. The standard InChI is InChI=1S/C14H23BrN2S/c1-11(2)8-17(9-12-4-3-7-16-12)10-13-5-6-14(15)18-13/h5-6,11-12,16H,3-4,7-10H2,1-2H3. The maximum absolute atomic E-state index is 3.60. The van der Waals surface area contributed by atoms with Crippen LogP contribution in [-0.2, 0) is 6.54 Å². The number of thiophene rings is 1. The molecule has 1 N–H and O–H groups in total. The van der Waals surface area contributed by atoms with Gasteiger partial charge in [-0.05, 0) is 53.4 Å². The van der Waals surface area contributed by atoms with E-state index in [4.69, 9.17) is 0 Å². The van der Waals surface area contributed by atoms with E-state index in [9.17, 15) is 0 Å². The zero-order valence-corrected chi connectivity index (χ0v) is 13.7. The second-order valence-electron chi connectivity index (χ2n) is 5.59. The largest absolute Gasteiger partial charge is 0.313 e. The topological polar surface area (TPSA) is 15.3 Å². The summed E-state index contributed by atoms with van der Waals surface area (Å²) in [7, 11) is 0. The number of hydrogen-bond donors (Lipinski definition) is 1. The fourth-order valence-corrected chi connectivity index (χ4v) is 4.13. The van der Waals surface area contributed by atoms with E-state index in [2.05, 4.69) is 52.1 Å². The highest BCUT2D eigenvalue weighted by Gasteiger charge is 2.19. The minimum atomic E-state index is 0.701. The van der Waals surface area contributed by atoms with Gasteiger partial charge >= 0.3 is 0 Å². The minimum Gasteiger partial charge on any atom is -0.313 e. The van der Waals surface area contributed by atoms with E-state index in [1.54, 1.807) is 0 Å². The molecule has 2 nitrogen and oxygen atoms in total. The SMILES string of the molecule is CC(C)CN(Cc1ccc(Br)s1)CC1CCCN1. The van der Waals surface area contributed by atoms with Crippen LogP contribution in [0.3, 0.4) is 0 Å². The van der Waals surface area contributed by atoms with Gasteiger partial charge in [0.1, 0.15) is 0 Å². The molecule has 0 spiro atoms. The molecule has 1 fully saturated rings. The summed E-state index contributed by atoms with van der Waals surface area (Å²) in [6.07, 6.45) is 2.67. The highest BCUT2D eigenvalue weighted by Crippen LogP contribution is 2.24. The molecule has 0 aliphatic carbocycles. The average Bonchev–Trinajstić information content (AvgIpc) is 2.89. The van der Waals surface area contributed by atoms with Crippen LogP contribution in [-0.4, -0.2) is 30.6 Å². The van der Waals surface area contributed by atoms with Gasteiger partial charge in [0.05, 0.1) is 3.79 Å². The van der Waals surface area contributed by atoms with Gasteiger partial charge in [-0.1, -0.05) is 13.8 Å². The van der Waals surface area contributed by atoms with E-state index in [0.717, 1.165) is 12.5 Å². The highest BCUT2D eigenvalue weighted by atomic mass is 79.9. The summed E-state index contributed by atoms with van der Waals surface area (Å²) in [6.45, 7) is 9.28. The summed E-state index contributed by atoms with van der Waals surface area (Å²) in [4.78, 5) is 4.06. The third kappa shape index (κ3) is 4.65. The van der Waals surface area contributed by atoms with Crippen molar-refractivity contribution in [2.45, 2.75) is 39.3 Å². The molecule has 1 saturated heterocycles. The van der Waals surface area contributed by atoms with E-state index in [1.165, 1.54) is 41.1 Å².